The van der Waals surface area contributed by atoms with E-state index < -0.39 is 5.97 Å². The molecule has 0 aliphatic carbocycles. The summed E-state index contributed by atoms with van der Waals surface area (Å²) in [5.74, 6) is -0.750. The van der Waals surface area contributed by atoms with Gasteiger partial charge >= 0.3 is 5.97 Å². The van der Waals surface area contributed by atoms with Gasteiger partial charge in [-0.3, -0.25) is 4.79 Å². The molecule has 5 heteroatoms. The lowest BCUT2D eigenvalue weighted by atomic mass is 9.87. The first-order chi connectivity index (χ1) is 11.3. The van der Waals surface area contributed by atoms with Crippen LogP contribution in [0.3, 0.4) is 0 Å². The van der Waals surface area contributed by atoms with Crippen LogP contribution in [0.2, 0.25) is 0 Å². The third-order valence-electron chi connectivity index (χ3n) is 3.50. The molecule has 2 aromatic rings. The van der Waals surface area contributed by atoms with Crippen LogP contribution in [0.15, 0.2) is 41.8 Å². The normalized spacial score (nSPS) is 11.5. The van der Waals surface area contributed by atoms with Gasteiger partial charge in [-0.2, -0.15) is 0 Å². The number of thiophene rings is 1. The lowest BCUT2D eigenvalue weighted by Crippen LogP contribution is -2.11. The second-order valence-corrected chi connectivity index (χ2v) is 7.27. The van der Waals surface area contributed by atoms with Crippen molar-refractivity contribution in [3.8, 4) is 0 Å². The van der Waals surface area contributed by atoms with E-state index in [9.17, 15) is 9.59 Å². The summed E-state index contributed by atoms with van der Waals surface area (Å²) >= 11 is 1.23. The molecule has 0 saturated heterocycles. The van der Waals surface area contributed by atoms with E-state index in [-0.39, 0.29) is 11.3 Å². The molecule has 0 atom stereocenters. The first-order valence-corrected chi connectivity index (χ1v) is 8.44. The molecule has 4 nitrogen and oxygen atoms in total. The maximum Gasteiger partial charge on any atom is 0.350 e. The molecule has 0 radical (unpaired) electrons. The fourth-order valence-electron chi connectivity index (χ4n) is 2.10. The van der Waals surface area contributed by atoms with Gasteiger partial charge in [0.15, 0.2) is 0 Å². The Bertz CT molecular complexity index is 752. The third kappa shape index (κ3) is 4.55. The Morgan fingerprint density at radius 3 is 2.38 bits per heavy atom. The summed E-state index contributed by atoms with van der Waals surface area (Å²) in [7, 11) is 1.31. The Hall–Kier alpha value is -2.40. The molecule has 126 valence electrons. The Morgan fingerprint density at radius 1 is 1.12 bits per heavy atom. The Balaban J connectivity index is 2.03. The third-order valence-corrected chi connectivity index (χ3v) is 4.39. The zero-order valence-electron chi connectivity index (χ0n) is 14.3. The van der Waals surface area contributed by atoms with Crippen LogP contribution in [-0.2, 0) is 14.9 Å². The quantitative estimate of drug-likeness (QED) is 0.657. The molecule has 0 saturated carbocycles. The zero-order valence-corrected chi connectivity index (χ0v) is 15.1. The predicted octanol–water partition coefficient (Wildman–Crippen LogP) is 4.48. The van der Waals surface area contributed by atoms with Crippen molar-refractivity contribution in [2.75, 3.05) is 12.4 Å². The summed E-state index contributed by atoms with van der Waals surface area (Å²) in [5.41, 5.74) is 2.74. The summed E-state index contributed by atoms with van der Waals surface area (Å²) in [5, 5.41) is 4.43. The first-order valence-electron chi connectivity index (χ1n) is 7.56. The first kappa shape index (κ1) is 17.9. The summed E-state index contributed by atoms with van der Waals surface area (Å²) < 4.78 is 4.69. The van der Waals surface area contributed by atoms with Crippen LogP contribution in [0.25, 0.3) is 6.08 Å². The fourth-order valence-corrected chi connectivity index (χ4v) is 2.86. The largest absolute Gasteiger partial charge is 0.465 e. The number of methoxy groups -OCH3 is 1. The van der Waals surface area contributed by atoms with Gasteiger partial charge in [-0.15, -0.1) is 11.3 Å². The van der Waals surface area contributed by atoms with Crippen LogP contribution in [0.1, 0.15) is 41.6 Å². The molecule has 1 aromatic carbocycles. The smallest absolute Gasteiger partial charge is 0.350 e. The second-order valence-electron chi connectivity index (χ2n) is 6.35. The van der Waals surface area contributed by atoms with Crippen molar-refractivity contribution < 1.29 is 14.3 Å². The van der Waals surface area contributed by atoms with Crippen LogP contribution in [-0.4, -0.2) is 19.0 Å². The highest BCUT2D eigenvalue weighted by Gasteiger charge is 2.15. The van der Waals surface area contributed by atoms with E-state index in [1.165, 1.54) is 30.1 Å². The van der Waals surface area contributed by atoms with Gasteiger partial charge in [0, 0.05) is 6.08 Å². The predicted molar refractivity (Wildman–Crippen MR) is 98.5 cm³/mol. The van der Waals surface area contributed by atoms with Crippen molar-refractivity contribution in [2.24, 2.45) is 0 Å². The fraction of sp³-hybridized carbons (Fsp3) is 0.263. The number of nitrogens with one attached hydrogen (secondary N) is 1. The van der Waals surface area contributed by atoms with E-state index in [0.29, 0.717) is 10.6 Å². The highest BCUT2D eigenvalue weighted by Crippen LogP contribution is 2.24. The zero-order chi connectivity index (χ0) is 17.7. The van der Waals surface area contributed by atoms with Gasteiger partial charge in [0.05, 0.1) is 12.8 Å². The number of benzene rings is 1. The standard InChI is InChI=1S/C19H21NO3S/c1-19(2,3)14-8-5-13(6-9-14)7-10-16(21)20-15-11-12-24-17(15)18(22)23-4/h5-12H,1-4H3,(H,20,21)/b10-7-. The van der Waals surface area contributed by atoms with Gasteiger partial charge in [-0.05, 0) is 34.1 Å². The summed E-state index contributed by atoms with van der Waals surface area (Å²) in [6.07, 6.45) is 3.19. The van der Waals surface area contributed by atoms with Crippen molar-refractivity contribution in [2.45, 2.75) is 26.2 Å². The van der Waals surface area contributed by atoms with Gasteiger partial charge < -0.3 is 10.1 Å². The number of ether oxygens (including phenoxy) is 1. The molecule has 1 aromatic heterocycles. The monoisotopic (exact) mass is 343 g/mol. The van der Waals surface area contributed by atoms with Crippen molar-refractivity contribution in [1.82, 2.24) is 0 Å². The summed E-state index contributed by atoms with van der Waals surface area (Å²) in [4.78, 5) is 24.0. The van der Waals surface area contributed by atoms with E-state index in [1.54, 1.807) is 17.5 Å². The van der Waals surface area contributed by atoms with Crippen molar-refractivity contribution >= 4 is 35.0 Å². The highest BCUT2D eigenvalue weighted by molar-refractivity contribution is 7.12. The molecule has 0 bridgehead atoms. The van der Waals surface area contributed by atoms with E-state index in [2.05, 4.69) is 43.0 Å². The van der Waals surface area contributed by atoms with Gasteiger partial charge in [-0.25, -0.2) is 4.79 Å². The lowest BCUT2D eigenvalue weighted by Gasteiger charge is -2.18. The van der Waals surface area contributed by atoms with E-state index in [0.717, 1.165) is 5.56 Å². The molecule has 1 heterocycles. The molecule has 0 aliphatic heterocycles. The number of hydrogen-bond acceptors (Lipinski definition) is 4. The maximum atomic E-state index is 12.0. The van der Waals surface area contributed by atoms with Crippen molar-refractivity contribution in [3.05, 3.63) is 57.8 Å². The highest BCUT2D eigenvalue weighted by atomic mass is 32.1. The molecule has 24 heavy (non-hydrogen) atoms. The van der Waals surface area contributed by atoms with Crippen molar-refractivity contribution in [1.29, 1.82) is 0 Å². The summed E-state index contributed by atoms with van der Waals surface area (Å²) in [6.45, 7) is 6.47. The summed E-state index contributed by atoms with van der Waals surface area (Å²) in [6, 6.07) is 9.77. The van der Waals surface area contributed by atoms with Gasteiger partial charge in [0.25, 0.3) is 0 Å². The average molecular weight is 343 g/mol. The second kappa shape index (κ2) is 7.45. The minimum atomic E-state index is -0.456. The molecule has 0 spiro atoms. The van der Waals surface area contributed by atoms with Crippen molar-refractivity contribution in [3.63, 3.8) is 0 Å². The van der Waals surface area contributed by atoms with E-state index in [1.807, 2.05) is 12.1 Å². The van der Waals surface area contributed by atoms with E-state index in [4.69, 9.17) is 0 Å². The molecule has 1 N–H and O–H groups in total. The minimum Gasteiger partial charge on any atom is -0.465 e. The number of esters is 1. The number of carbonyl (C=O) groups is 2. The Morgan fingerprint density at radius 2 is 1.79 bits per heavy atom. The lowest BCUT2D eigenvalue weighted by molar-refractivity contribution is -0.111. The molecule has 1 amide bonds. The topological polar surface area (TPSA) is 55.4 Å². The molecule has 0 aliphatic rings. The SMILES string of the molecule is COC(=O)c1sccc1NC(=O)/C=C\c1ccc(C(C)(C)C)cc1. The van der Waals surface area contributed by atoms with Gasteiger partial charge in [0.1, 0.15) is 4.88 Å². The van der Waals surface area contributed by atoms with Gasteiger partial charge in [0.2, 0.25) is 5.91 Å². The number of amides is 1. The van der Waals surface area contributed by atoms with Crippen LogP contribution >= 0.6 is 11.3 Å². The number of hydrogen-bond donors (Lipinski definition) is 1. The number of carbonyl (C=O) groups excluding carboxylic acids is 2. The number of anilines is 1. The average Bonchev–Trinajstić information content (AvgIpc) is 3.00. The number of rotatable bonds is 4. The van der Waals surface area contributed by atoms with Crippen LogP contribution in [0.5, 0.6) is 0 Å². The van der Waals surface area contributed by atoms with Crippen LogP contribution in [0, 0.1) is 0 Å². The van der Waals surface area contributed by atoms with Gasteiger partial charge in [-0.1, -0.05) is 45.0 Å². The molecule has 0 unspecified atom stereocenters. The molecule has 0 fully saturated rings. The molecular weight excluding hydrogens is 322 g/mol. The molecular formula is C19H21NO3S. The minimum absolute atomic E-state index is 0.100. The maximum absolute atomic E-state index is 12.0. The Kier molecular flexibility index (Phi) is 5.57. The molecule has 2 rings (SSSR count). The van der Waals surface area contributed by atoms with Crippen LogP contribution < -0.4 is 5.32 Å². The van der Waals surface area contributed by atoms with Crippen LogP contribution in [0.4, 0.5) is 5.69 Å². The van der Waals surface area contributed by atoms with E-state index >= 15 is 0 Å². The Labute approximate surface area is 146 Å².